The molecule has 0 atom stereocenters. The molecule has 0 bridgehead atoms. The molecule has 0 unspecified atom stereocenters. The summed E-state index contributed by atoms with van der Waals surface area (Å²) in [6.07, 6.45) is 1.55. The van der Waals surface area contributed by atoms with Gasteiger partial charge in [-0.15, -0.1) is 0 Å². The Hall–Kier alpha value is -1.88. The van der Waals surface area contributed by atoms with Gasteiger partial charge in [0.15, 0.2) is 0 Å². The van der Waals surface area contributed by atoms with E-state index in [1.165, 1.54) is 0 Å². The van der Waals surface area contributed by atoms with Crippen LogP contribution in [0, 0.1) is 11.3 Å². The van der Waals surface area contributed by atoms with Gasteiger partial charge in [0.1, 0.15) is 5.82 Å². The molecule has 0 fully saturated rings. The van der Waals surface area contributed by atoms with Crippen molar-refractivity contribution in [1.29, 1.82) is 5.26 Å². The van der Waals surface area contributed by atoms with E-state index in [0.29, 0.717) is 26.6 Å². The third kappa shape index (κ3) is 3.12. The molecule has 96 valence electrons. The van der Waals surface area contributed by atoms with Crippen LogP contribution in [0.4, 0.5) is 17.5 Å². The molecule has 0 aliphatic rings. The van der Waals surface area contributed by atoms with E-state index in [-0.39, 0.29) is 5.95 Å². The van der Waals surface area contributed by atoms with Crippen LogP contribution in [-0.2, 0) is 0 Å². The number of anilines is 3. The van der Waals surface area contributed by atoms with E-state index in [1.807, 2.05) is 6.07 Å². The summed E-state index contributed by atoms with van der Waals surface area (Å²) in [5.74, 6) is 6.00. The Labute approximate surface area is 122 Å². The van der Waals surface area contributed by atoms with Gasteiger partial charge in [-0.1, -0.05) is 11.6 Å². The average molecular weight is 340 g/mol. The van der Waals surface area contributed by atoms with Crippen molar-refractivity contribution in [2.45, 2.75) is 0 Å². The number of nitriles is 1. The number of hydrazine groups is 1. The maximum absolute atomic E-state index is 8.87. The lowest BCUT2D eigenvalue weighted by Gasteiger charge is -2.10. The lowest BCUT2D eigenvalue weighted by atomic mass is 10.2. The zero-order chi connectivity index (χ0) is 13.8. The molecule has 2 rings (SSSR count). The number of nitrogens with zero attached hydrogens (tertiary/aromatic N) is 3. The van der Waals surface area contributed by atoms with Crippen molar-refractivity contribution >= 4 is 45.0 Å². The summed E-state index contributed by atoms with van der Waals surface area (Å²) in [5.41, 5.74) is 3.42. The number of rotatable bonds is 3. The van der Waals surface area contributed by atoms with Crippen molar-refractivity contribution in [2.24, 2.45) is 5.84 Å². The van der Waals surface area contributed by atoms with Crippen molar-refractivity contribution in [2.75, 3.05) is 10.7 Å². The first-order valence-corrected chi connectivity index (χ1v) is 6.27. The quantitative estimate of drug-likeness (QED) is 0.587. The van der Waals surface area contributed by atoms with Crippen molar-refractivity contribution in [3.8, 4) is 6.07 Å². The molecule has 0 aliphatic heterocycles. The largest absolute Gasteiger partial charge is 0.338 e. The monoisotopic (exact) mass is 338 g/mol. The molecule has 8 heteroatoms. The maximum atomic E-state index is 8.87. The normalized spacial score (nSPS) is 9.79. The molecule has 2 aromatic rings. The van der Waals surface area contributed by atoms with Crippen LogP contribution in [0.25, 0.3) is 0 Å². The predicted octanol–water partition coefficient (Wildman–Crippen LogP) is 2.79. The second-order valence-corrected chi connectivity index (χ2v) is 4.73. The first kappa shape index (κ1) is 13.5. The van der Waals surface area contributed by atoms with Gasteiger partial charge in [-0.2, -0.15) is 10.2 Å². The predicted molar refractivity (Wildman–Crippen MR) is 77.0 cm³/mol. The van der Waals surface area contributed by atoms with Gasteiger partial charge in [0.05, 0.1) is 26.8 Å². The summed E-state index contributed by atoms with van der Waals surface area (Å²) < 4.78 is 0.643. The summed E-state index contributed by atoms with van der Waals surface area (Å²) >= 11 is 9.37. The molecule has 0 spiro atoms. The van der Waals surface area contributed by atoms with Crippen LogP contribution in [0.3, 0.4) is 0 Å². The van der Waals surface area contributed by atoms with Gasteiger partial charge < -0.3 is 5.32 Å². The summed E-state index contributed by atoms with van der Waals surface area (Å²) in [5, 5.41) is 12.4. The fourth-order valence-electron chi connectivity index (χ4n) is 1.34. The van der Waals surface area contributed by atoms with Crippen LogP contribution in [0.15, 0.2) is 28.9 Å². The summed E-state index contributed by atoms with van der Waals surface area (Å²) in [4.78, 5) is 8.07. The average Bonchev–Trinajstić information content (AvgIpc) is 2.43. The zero-order valence-corrected chi connectivity index (χ0v) is 11.8. The molecule has 0 saturated heterocycles. The Balaban J connectivity index is 2.38. The standard InChI is InChI=1S/C11H8BrClN6/c12-7-5-16-11(19-15)18-10(7)17-9-3-6(4-14)1-2-8(9)13/h1-3,5H,15H2,(H2,16,17,18,19). The van der Waals surface area contributed by atoms with Crippen LogP contribution in [0.5, 0.6) is 0 Å². The van der Waals surface area contributed by atoms with E-state index in [2.05, 4.69) is 36.6 Å². The minimum absolute atomic E-state index is 0.262. The van der Waals surface area contributed by atoms with E-state index in [4.69, 9.17) is 22.7 Å². The molecule has 0 aliphatic carbocycles. The van der Waals surface area contributed by atoms with Gasteiger partial charge in [0.25, 0.3) is 0 Å². The van der Waals surface area contributed by atoms with Gasteiger partial charge >= 0.3 is 0 Å². The minimum Gasteiger partial charge on any atom is -0.338 e. The lowest BCUT2D eigenvalue weighted by molar-refractivity contribution is 1.11. The Morgan fingerprint density at radius 1 is 1.42 bits per heavy atom. The van der Waals surface area contributed by atoms with Crippen LogP contribution >= 0.6 is 27.5 Å². The molecule has 19 heavy (non-hydrogen) atoms. The zero-order valence-electron chi connectivity index (χ0n) is 9.48. The molecule has 0 radical (unpaired) electrons. The van der Waals surface area contributed by atoms with Gasteiger partial charge in [-0.05, 0) is 34.1 Å². The highest BCUT2D eigenvalue weighted by atomic mass is 79.9. The third-order valence-electron chi connectivity index (χ3n) is 2.22. The molecule has 6 nitrogen and oxygen atoms in total. The Morgan fingerprint density at radius 3 is 2.89 bits per heavy atom. The Kier molecular flexibility index (Phi) is 4.16. The van der Waals surface area contributed by atoms with E-state index in [1.54, 1.807) is 24.4 Å². The molecular weight excluding hydrogens is 332 g/mol. The second kappa shape index (κ2) is 5.84. The van der Waals surface area contributed by atoms with Gasteiger partial charge in [0, 0.05) is 6.20 Å². The molecule has 4 N–H and O–H groups in total. The first-order chi connectivity index (χ1) is 9.13. The molecular formula is C11H8BrClN6. The van der Waals surface area contributed by atoms with Gasteiger partial charge in [-0.25, -0.2) is 10.8 Å². The highest BCUT2D eigenvalue weighted by molar-refractivity contribution is 9.10. The van der Waals surface area contributed by atoms with E-state index >= 15 is 0 Å². The van der Waals surface area contributed by atoms with Crippen LogP contribution in [0.1, 0.15) is 5.56 Å². The SMILES string of the molecule is N#Cc1ccc(Cl)c(Nc2nc(NN)ncc2Br)c1. The van der Waals surface area contributed by atoms with Gasteiger partial charge in [0.2, 0.25) is 5.95 Å². The van der Waals surface area contributed by atoms with E-state index < -0.39 is 0 Å². The van der Waals surface area contributed by atoms with Crippen molar-refractivity contribution in [3.05, 3.63) is 39.5 Å². The summed E-state index contributed by atoms with van der Waals surface area (Å²) in [7, 11) is 0. The summed E-state index contributed by atoms with van der Waals surface area (Å²) in [6, 6.07) is 6.95. The summed E-state index contributed by atoms with van der Waals surface area (Å²) in [6.45, 7) is 0. The van der Waals surface area contributed by atoms with Crippen molar-refractivity contribution in [3.63, 3.8) is 0 Å². The minimum atomic E-state index is 0.262. The highest BCUT2D eigenvalue weighted by Gasteiger charge is 2.08. The number of hydrogen-bond donors (Lipinski definition) is 3. The van der Waals surface area contributed by atoms with Crippen LogP contribution in [-0.4, -0.2) is 9.97 Å². The Bertz CT molecular complexity index is 654. The van der Waals surface area contributed by atoms with E-state index in [9.17, 15) is 0 Å². The maximum Gasteiger partial charge on any atom is 0.239 e. The van der Waals surface area contributed by atoms with Crippen LogP contribution < -0.4 is 16.6 Å². The van der Waals surface area contributed by atoms with Crippen molar-refractivity contribution in [1.82, 2.24) is 9.97 Å². The molecule has 1 aromatic heterocycles. The molecule has 0 amide bonds. The van der Waals surface area contributed by atoms with E-state index in [0.717, 1.165) is 0 Å². The van der Waals surface area contributed by atoms with Gasteiger partial charge in [-0.3, -0.25) is 5.43 Å². The van der Waals surface area contributed by atoms with Crippen LogP contribution in [0.2, 0.25) is 5.02 Å². The molecule has 0 saturated carbocycles. The molecule has 1 aromatic carbocycles. The topological polar surface area (TPSA) is 99.7 Å². The Morgan fingerprint density at radius 2 is 2.21 bits per heavy atom. The number of nitrogens with two attached hydrogens (primary N) is 1. The smallest absolute Gasteiger partial charge is 0.239 e. The number of aromatic nitrogens is 2. The number of halogens is 2. The third-order valence-corrected chi connectivity index (χ3v) is 3.13. The number of nitrogen functional groups attached to an aromatic ring is 1. The molecule has 1 heterocycles. The second-order valence-electron chi connectivity index (χ2n) is 3.47. The fourth-order valence-corrected chi connectivity index (χ4v) is 1.80. The highest BCUT2D eigenvalue weighted by Crippen LogP contribution is 2.29. The first-order valence-electron chi connectivity index (χ1n) is 5.10. The fraction of sp³-hybridized carbons (Fsp3) is 0. The van der Waals surface area contributed by atoms with Crippen molar-refractivity contribution < 1.29 is 0 Å². The number of hydrogen-bond acceptors (Lipinski definition) is 6. The lowest BCUT2D eigenvalue weighted by Crippen LogP contribution is -2.11. The number of benzene rings is 1. The number of nitrogens with one attached hydrogen (secondary N) is 2.